The van der Waals surface area contributed by atoms with Crippen LogP contribution in [0.1, 0.15) is 40.5 Å². The lowest BCUT2D eigenvalue weighted by Crippen LogP contribution is -2.46. The largest absolute Gasteiger partial charge is 0.389 e. The molecule has 0 aromatic rings. The lowest BCUT2D eigenvalue weighted by Gasteiger charge is -2.36. The van der Waals surface area contributed by atoms with Crippen molar-refractivity contribution in [1.29, 1.82) is 0 Å². The van der Waals surface area contributed by atoms with Crippen molar-refractivity contribution in [3.63, 3.8) is 0 Å². The zero-order chi connectivity index (χ0) is 14.7. The number of hydrogen-bond donors (Lipinski definition) is 2. The number of likely N-dealkylation sites (tertiary alicyclic amines) is 1. The first-order chi connectivity index (χ1) is 8.60. The molecule has 1 aliphatic rings. The zero-order valence-electron chi connectivity index (χ0n) is 12.5. The van der Waals surface area contributed by atoms with Crippen LogP contribution in [0.15, 0.2) is 0 Å². The van der Waals surface area contributed by atoms with E-state index in [1.54, 1.807) is 27.7 Å². The Morgan fingerprint density at radius 1 is 1.42 bits per heavy atom. The lowest BCUT2D eigenvalue weighted by atomic mass is 9.97. The highest BCUT2D eigenvalue weighted by Gasteiger charge is 2.26. The summed E-state index contributed by atoms with van der Waals surface area (Å²) in [5.41, 5.74) is -0.695. The van der Waals surface area contributed by atoms with E-state index in [-0.39, 0.29) is 5.25 Å². The maximum atomic E-state index is 11.7. The van der Waals surface area contributed by atoms with Crippen LogP contribution in [0.25, 0.3) is 0 Å². The van der Waals surface area contributed by atoms with Gasteiger partial charge in [-0.25, -0.2) is 13.1 Å². The molecule has 19 heavy (non-hydrogen) atoms. The number of piperidine rings is 1. The van der Waals surface area contributed by atoms with Crippen LogP contribution in [0.5, 0.6) is 0 Å². The topological polar surface area (TPSA) is 69.6 Å². The Balaban J connectivity index is 2.44. The van der Waals surface area contributed by atoms with E-state index in [0.29, 0.717) is 19.0 Å². The Morgan fingerprint density at radius 3 is 2.58 bits per heavy atom. The third-order valence-electron chi connectivity index (χ3n) is 3.41. The summed E-state index contributed by atoms with van der Waals surface area (Å²) in [5.74, 6) is 0.338. The summed E-state index contributed by atoms with van der Waals surface area (Å²) in [6.45, 7) is 9.95. The minimum Gasteiger partial charge on any atom is -0.389 e. The predicted molar refractivity (Wildman–Crippen MR) is 77.5 cm³/mol. The maximum absolute atomic E-state index is 11.7. The molecule has 5 nitrogen and oxygen atoms in total. The molecule has 1 aliphatic heterocycles. The molecule has 0 aromatic heterocycles. The second kappa shape index (κ2) is 6.52. The van der Waals surface area contributed by atoms with E-state index in [9.17, 15) is 13.5 Å². The van der Waals surface area contributed by atoms with Crippen molar-refractivity contribution >= 4 is 10.0 Å². The van der Waals surface area contributed by atoms with Crippen LogP contribution in [0, 0.1) is 5.92 Å². The molecule has 0 aromatic carbocycles. The quantitative estimate of drug-likeness (QED) is 0.760. The maximum Gasteiger partial charge on any atom is 0.213 e. The summed E-state index contributed by atoms with van der Waals surface area (Å²) >= 11 is 0. The summed E-state index contributed by atoms with van der Waals surface area (Å²) in [5, 5.41) is 9.45. The van der Waals surface area contributed by atoms with Gasteiger partial charge in [-0.3, -0.25) is 0 Å². The first kappa shape index (κ1) is 16.9. The van der Waals surface area contributed by atoms with E-state index in [2.05, 4.69) is 9.62 Å². The number of sulfonamides is 1. The molecule has 1 saturated heterocycles. The van der Waals surface area contributed by atoms with Crippen LogP contribution in [0.4, 0.5) is 0 Å². The van der Waals surface area contributed by atoms with Gasteiger partial charge in [-0.15, -0.1) is 0 Å². The lowest BCUT2D eigenvalue weighted by molar-refractivity contribution is 0.0220. The van der Waals surface area contributed by atoms with Crippen molar-refractivity contribution in [1.82, 2.24) is 9.62 Å². The molecule has 1 fully saturated rings. The molecule has 0 saturated carbocycles. The molecule has 1 unspecified atom stereocenters. The Kier molecular flexibility index (Phi) is 5.79. The van der Waals surface area contributed by atoms with Crippen LogP contribution >= 0.6 is 0 Å². The second-order valence-electron chi connectivity index (χ2n) is 6.50. The van der Waals surface area contributed by atoms with Crippen molar-refractivity contribution < 1.29 is 13.5 Å². The third kappa shape index (κ3) is 6.21. The summed E-state index contributed by atoms with van der Waals surface area (Å²) in [6.07, 6.45) is 2.10. The van der Waals surface area contributed by atoms with Crippen LogP contribution in [-0.2, 0) is 10.0 Å². The number of nitrogens with one attached hydrogen (secondary N) is 1. The average Bonchev–Trinajstić information content (AvgIpc) is 2.24. The van der Waals surface area contributed by atoms with Gasteiger partial charge in [0.25, 0.3) is 0 Å². The summed E-state index contributed by atoms with van der Waals surface area (Å²) in [7, 11) is -3.17. The number of β-amino-alcohol motifs (C(OH)–C–C–N with tert-alkyl or cyclic N) is 1. The molecule has 6 heteroatoms. The fraction of sp³-hybridized carbons (Fsp3) is 1.00. The highest BCUT2D eigenvalue weighted by molar-refractivity contribution is 7.90. The summed E-state index contributed by atoms with van der Waals surface area (Å²) in [6, 6.07) is 0. The molecule has 1 rings (SSSR count). The Bertz CT molecular complexity index is 374. The minimum absolute atomic E-state index is 0.338. The van der Waals surface area contributed by atoms with Crippen LogP contribution < -0.4 is 4.72 Å². The number of nitrogens with zero attached hydrogens (tertiary/aromatic N) is 1. The highest BCUT2D eigenvalue weighted by atomic mass is 32.2. The molecular formula is C13H28N2O3S. The van der Waals surface area contributed by atoms with Crippen molar-refractivity contribution in [3.8, 4) is 0 Å². The molecular weight excluding hydrogens is 264 g/mol. The van der Waals surface area contributed by atoms with Gasteiger partial charge in [-0.05, 0) is 53.0 Å². The number of rotatable bonds is 6. The van der Waals surface area contributed by atoms with Gasteiger partial charge in [-0.1, -0.05) is 0 Å². The van der Waals surface area contributed by atoms with Gasteiger partial charge in [0.15, 0.2) is 0 Å². The predicted octanol–water partition coefficient (Wildman–Crippen LogP) is 0.797. The average molecular weight is 292 g/mol. The van der Waals surface area contributed by atoms with E-state index < -0.39 is 15.6 Å². The van der Waals surface area contributed by atoms with E-state index in [0.717, 1.165) is 25.9 Å². The molecule has 0 amide bonds. The Hall–Kier alpha value is -0.170. The molecule has 0 radical (unpaired) electrons. The second-order valence-corrected chi connectivity index (χ2v) is 8.82. The Labute approximate surface area is 117 Å². The van der Waals surface area contributed by atoms with E-state index in [4.69, 9.17) is 0 Å². The van der Waals surface area contributed by atoms with E-state index in [1.807, 2.05) is 0 Å². The SMILES string of the molecule is CC(C)S(=O)(=O)NCC1CCCN(CC(C)(C)O)C1. The first-order valence-electron chi connectivity index (χ1n) is 7.03. The van der Waals surface area contributed by atoms with Gasteiger partial charge in [0, 0.05) is 19.6 Å². The highest BCUT2D eigenvalue weighted by Crippen LogP contribution is 2.18. The monoisotopic (exact) mass is 292 g/mol. The fourth-order valence-corrected chi connectivity index (χ4v) is 3.21. The number of hydrogen-bond acceptors (Lipinski definition) is 4. The molecule has 114 valence electrons. The van der Waals surface area contributed by atoms with Crippen molar-refractivity contribution in [2.24, 2.45) is 5.92 Å². The van der Waals surface area contributed by atoms with Gasteiger partial charge < -0.3 is 10.0 Å². The van der Waals surface area contributed by atoms with Crippen molar-refractivity contribution in [2.45, 2.75) is 51.4 Å². The van der Waals surface area contributed by atoms with Crippen LogP contribution in [-0.4, -0.2) is 55.5 Å². The summed E-state index contributed by atoms with van der Waals surface area (Å²) < 4.78 is 26.1. The fourth-order valence-electron chi connectivity index (χ4n) is 2.41. The van der Waals surface area contributed by atoms with Crippen molar-refractivity contribution in [3.05, 3.63) is 0 Å². The molecule has 0 bridgehead atoms. The molecule has 1 atom stereocenters. The smallest absolute Gasteiger partial charge is 0.213 e. The Morgan fingerprint density at radius 2 is 2.05 bits per heavy atom. The van der Waals surface area contributed by atoms with E-state index in [1.165, 1.54) is 0 Å². The zero-order valence-corrected chi connectivity index (χ0v) is 13.3. The minimum atomic E-state index is -3.17. The van der Waals surface area contributed by atoms with Crippen LogP contribution in [0.3, 0.4) is 0 Å². The van der Waals surface area contributed by atoms with Crippen LogP contribution in [0.2, 0.25) is 0 Å². The first-order valence-corrected chi connectivity index (χ1v) is 8.58. The van der Waals surface area contributed by atoms with Gasteiger partial charge >= 0.3 is 0 Å². The molecule has 0 aliphatic carbocycles. The van der Waals surface area contributed by atoms with Crippen molar-refractivity contribution in [2.75, 3.05) is 26.2 Å². The number of aliphatic hydroxyl groups is 1. The van der Waals surface area contributed by atoms with Gasteiger partial charge in [0.2, 0.25) is 10.0 Å². The van der Waals surface area contributed by atoms with E-state index >= 15 is 0 Å². The van der Waals surface area contributed by atoms with Gasteiger partial charge in [0.1, 0.15) is 0 Å². The summed E-state index contributed by atoms with van der Waals surface area (Å²) in [4.78, 5) is 2.22. The molecule has 0 spiro atoms. The van der Waals surface area contributed by atoms with Gasteiger partial charge in [-0.2, -0.15) is 0 Å². The molecule has 1 heterocycles. The van der Waals surface area contributed by atoms with Gasteiger partial charge in [0.05, 0.1) is 10.9 Å². The third-order valence-corrected chi connectivity index (χ3v) is 5.22. The standard InChI is InChI=1S/C13H28N2O3S/c1-11(2)19(17,18)14-8-12-6-5-7-15(9-12)10-13(3,4)16/h11-12,14,16H,5-10H2,1-4H3. The molecule has 2 N–H and O–H groups in total. The normalized spacial score (nSPS) is 22.9.